The molecule has 1 aromatic carbocycles. The fourth-order valence-electron chi connectivity index (χ4n) is 1.94. The Kier molecular flexibility index (Phi) is 3.48. The van der Waals surface area contributed by atoms with Crippen molar-refractivity contribution in [1.82, 2.24) is 4.98 Å². The molecule has 5 heteroatoms. The molecule has 0 atom stereocenters. The molecule has 0 bridgehead atoms. The summed E-state index contributed by atoms with van der Waals surface area (Å²) in [6, 6.07) is 5.92. The maximum absolute atomic E-state index is 12.8. The Labute approximate surface area is 114 Å². The van der Waals surface area contributed by atoms with Gasteiger partial charge in [-0.05, 0) is 37.1 Å². The number of aliphatic hydroxyl groups excluding tert-OH is 1. The van der Waals surface area contributed by atoms with Gasteiger partial charge in [-0.25, -0.2) is 9.37 Å². The van der Waals surface area contributed by atoms with Crippen LogP contribution in [-0.4, -0.2) is 10.1 Å². The van der Waals surface area contributed by atoms with E-state index < -0.39 is 0 Å². The van der Waals surface area contributed by atoms with Crippen LogP contribution in [0.5, 0.6) is 5.75 Å². The van der Waals surface area contributed by atoms with Crippen LogP contribution < -0.4 is 4.74 Å². The average molecular weight is 279 g/mol. The Hall–Kier alpha value is -1.46. The van der Waals surface area contributed by atoms with Gasteiger partial charge in [0.05, 0.1) is 17.2 Å². The van der Waals surface area contributed by atoms with E-state index in [4.69, 9.17) is 4.74 Å². The van der Waals surface area contributed by atoms with E-state index in [9.17, 15) is 9.50 Å². The van der Waals surface area contributed by atoms with Crippen LogP contribution in [0.25, 0.3) is 0 Å². The van der Waals surface area contributed by atoms with Gasteiger partial charge in [0.1, 0.15) is 23.2 Å². The molecule has 1 saturated carbocycles. The lowest BCUT2D eigenvalue weighted by Gasteiger charge is -2.03. The normalized spacial score (nSPS) is 14.6. The summed E-state index contributed by atoms with van der Waals surface area (Å²) in [5, 5.41) is 10.2. The van der Waals surface area contributed by atoms with Crippen LogP contribution in [0.1, 0.15) is 34.3 Å². The van der Waals surface area contributed by atoms with Crippen LogP contribution in [0.2, 0.25) is 0 Å². The Morgan fingerprint density at radius 3 is 2.68 bits per heavy atom. The number of hydrogen-bond donors (Lipinski definition) is 1. The molecule has 1 N–H and O–H groups in total. The van der Waals surface area contributed by atoms with Gasteiger partial charge in [0.25, 0.3) is 0 Å². The van der Waals surface area contributed by atoms with Crippen molar-refractivity contribution in [1.29, 1.82) is 0 Å². The van der Waals surface area contributed by atoms with Crippen LogP contribution >= 0.6 is 11.3 Å². The molecule has 1 fully saturated rings. The predicted octanol–water partition coefficient (Wildman–Crippen LogP) is 3.23. The van der Waals surface area contributed by atoms with Crippen LogP contribution in [-0.2, 0) is 13.2 Å². The molecular weight excluding hydrogens is 265 g/mol. The van der Waals surface area contributed by atoms with Crippen LogP contribution in [0.15, 0.2) is 24.3 Å². The van der Waals surface area contributed by atoms with Crippen molar-refractivity contribution in [2.75, 3.05) is 0 Å². The zero-order valence-corrected chi connectivity index (χ0v) is 11.1. The molecule has 0 spiro atoms. The van der Waals surface area contributed by atoms with Crippen LogP contribution in [0.4, 0.5) is 4.39 Å². The second kappa shape index (κ2) is 5.27. The monoisotopic (exact) mass is 279 g/mol. The molecule has 0 saturated heterocycles. The average Bonchev–Trinajstić information content (AvgIpc) is 3.19. The summed E-state index contributed by atoms with van der Waals surface area (Å²) in [5.41, 5.74) is 1.03. The summed E-state index contributed by atoms with van der Waals surface area (Å²) >= 11 is 1.49. The highest BCUT2D eigenvalue weighted by molar-refractivity contribution is 7.11. The number of hydrogen-bond acceptors (Lipinski definition) is 4. The largest absolute Gasteiger partial charge is 0.486 e. The molecule has 19 heavy (non-hydrogen) atoms. The first-order valence-corrected chi connectivity index (χ1v) is 7.05. The molecule has 3 rings (SSSR count). The number of benzene rings is 1. The summed E-state index contributed by atoms with van der Waals surface area (Å²) in [7, 11) is 0. The summed E-state index contributed by atoms with van der Waals surface area (Å²) in [6.45, 7) is 0.399. The molecule has 3 nitrogen and oxygen atoms in total. The van der Waals surface area contributed by atoms with Crippen molar-refractivity contribution in [2.45, 2.75) is 32.0 Å². The van der Waals surface area contributed by atoms with E-state index in [0.717, 1.165) is 28.4 Å². The van der Waals surface area contributed by atoms with Crippen LogP contribution in [0.3, 0.4) is 0 Å². The molecule has 1 heterocycles. The summed E-state index contributed by atoms with van der Waals surface area (Å²) in [4.78, 5) is 5.48. The summed E-state index contributed by atoms with van der Waals surface area (Å²) < 4.78 is 18.3. The van der Waals surface area contributed by atoms with Crippen molar-refractivity contribution in [3.8, 4) is 5.75 Å². The van der Waals surface area contributed by atoms with E-state index >= 15 is 0 Å². The molecule has 0 unspecified atom stereocenters. The van der Waals surface area contributed by atoms with E-state index in [1.54, 1.807) is 12.1 Å². The van der Waals surface area contributed by atoms with Crippen molar-refractivity contribution in [3.63, 3.8) is 0 Å². The number of ether oxygens (including phenoxy) is 1. The van der Waals surface area contributed by atoms with Gasteiger partial charge in [-0.3, -0.25) is 0 Å². The van der Waals surface area contributed by atoms with Gasteiger partial charge in [-0.2, -0.15) is 0 Å². The van der Waals surface area contributed by atoms with Crippen LogP contribution in [0, 0.1) is 5.82 Å². The highest BCUT2D eigenvalue weighted by atomic mass is 32.1. The van der Waals surface area contributed by atoms with Gasteiger partial charge < -0.3 is 9.84 Å². The topological polar surface area (TPSA) is 42.4 Å². The SMILES string of the molecule is OCc1sc(COc2ccc(F)cc2)nc1C1CC1. The second-order valence-electron chi connectivity index (χ2n) is 4.59. The zero-order valence-electron chi connectivity index (χ0n) is 10.3. The summed E-state index contributed by atoms with van der Waals surface area (Å²) in [6.07, 6.45) is 2.32. The fraction of sp³-hybridized carbons (Fsp3) is 0.357. The lowest BCUT2D eigenvalue weighted by Crippen LogP contribution is -1.95. The zero-order chi connectivity index (χ0) is 13.2. The highest BCUT2D eigenvalue weighted by Gasteiger charge is 2.29. The first kappa shape index (κ1) is 12.6. The van der Waals surface area contributed by atoms with Crippen molar-refractivity contribution in [2.24, 2.45) is 0 Å². The molecule has 0 radical (unpaired) electrons. The maximum Gasteiger partial charge on any atom is 0.140 e. The first-order chi connectivity index (χ1) is 9.26. The predicted molar refractivity (Wildman–Crippen MR) is 70.7 cm³/mol. The quantitative estimate of drug-likeness (QED) is 0.913. The number of halogens is 1. The lowest BCUT2D eigenvalue weighted by atomic mass is 10.2. The highest BCUT2D eigenvalue weighted by Crippen LogP contribution is 2.42. The molecule has 100 valence electrons. The van der Waals surface area contributed by atoms with Gasteiger partial charge >= 0.3 is 0 Å². The number of aromatic nitrogens is 1. The van der Waals surface area contributed by atoms with E-state index in [0.29, 0.717) is 18.3 Å². The van der Waals surface area contributed by atoms with E-state index in [2.05, 4.69) is 4.98 Å². The standard InChI is InChI=1S/C14H14FNO2S/c15-10-3-5-11(6-4-10)18-8-13-16-14(9-1-2-9)12(7-17)19-13/h3-6,9,17H,1-2,7-8H2. The molecule has 1 aliphatic rings. The molecule has 0 aliphatic heterocycles. The van der Waals surface area contributed by atoms with E-state index in [1.807, 2.05) is 0 Å². The van der Waals surface area contributed by atoms with Gasteiger partial charge in [0, 0.05) is 5.92 Å². The Balaban J connectivity index is 1.67. The Morgan fingerprint density at radius 2 is 2.05 bits per heavy atom. The minimum Gasteiger partial charge on any atom is -0.486 e. The van der Waals surface area contributed by atoms with E-state index in [-0.39, 0.29) is 12.4 Å². The van der Waals surface area contributed by atoms with Gasteiger partial charge in [0.2, 0.25) is 0 Å². The second-order valence-corrected chi connectivity index (χ2v) is 5.76. The minimum absolute atomic E-state index is 0.0417. The molecule has 2 aromatic rings. The third-order valence-corrected chi connectivity index (χ3v) is 4.08. The Bertz CT molecular complexity index is 563. The van der Waals surface area contributed by atoms with E-state index in [1.165, 1.54) is 23.5 Å². The number of rotatable bonds is 5. The van der Waals surface area contributed by atoms with Gasteiger partial charge in [-0.15, -0.1) is 11.3 Å². The van der Waals surface area contributed by atoms with Gasteiger partial charge in [0.15, 0.2) is 0 Å². The molecular formula is C14H14FNO2S. The van der Waals surface area contributed by atoms with Crippen molar-refractivity contribution in [3.05, 3.63) is 45.7 Å². The first-order valence-electron chi connectivity index (χ1n) is 6.24. The summed E-state index contributed by atoms with van der Waals surface area (Å²) in [5.74, 6) is 0.869. The van der Waals surface area contributed by atoms with Gasteiger partial charge in [-0.1, -0.05) is 0 Å². The third-order valence-electron chi connectivity index (χ3n) is 3.06. The number of thiazole rings is 1. The Morgan fingerprint density at radius 1 is 1.32 bits per heavy atom. The lowest BCUT2D eigenvalue weighted by molar-refractivity contribution is 0.284. The minimum atomic E-state index is -0.278. The number of nitrogens with zero attached hydrogens (tertiary/aromatic N) is 1. The number of aliphatic hydroxyl groups is 1. The third kappa shape index (κ3) is 2.93. The smallest absolute Gasteiger partial charge is 0.140 e. The molecule has 1 aliphatic carbocycles. The fourth-order valence-corrected chi connectivity index (χ4v) is 2.87. The maximum atomic E-state index is 12.8. The van der Waals surface area contributed by atoms with Crippen molar-refractivity contribution >= 4 is 11.3 Å². The molecule has 0 amide bonds. The molecule has 1 aromatic heterocycles. The van der Waals surface area contributed by atoms with Crippen molar-refractivity contribution < 1.29 is 14.2 Å².